The van der Waals surface area contributed by atoms with Crippen LogP contribution in [0.1, 0.15) is 43.4 Å². The minimum Gasteiger partial charge on any atom is -0.327 e. The molecule has 0 bridgehead atoms. The lowest BCUT2D eigenvalue weighted by molar-refractivity contribution is 0.565. The van der Waals surface area contributed by atoms with Crippen LogP contribution in [0.25, 0.3) is 0 Å². The lowest BCUT2D eigenvalue weighted by Crippen LogP contribution is -2.26. The summed E-state index contributed by atoms with van der Waals surface area (Å²) in [5.74, 6) is 0.334. The smallest absolute Gasteiger partial charge is 0.0406 e. The zero-order valence-electron chi connectivity index (χ0n) is 13.4. The van der Waals surface area contributed by atoms with Crippen LogP contribution in [-0.4, -0.2) is 6.04 Å². The van der Waals surface area contributed by atoms with E-state index in [1.54, 1.807) is 0 Å². The quantitative estimate of drug-likeness (QED) is 0.809. The zero-order chi connectivity index (χ0) is 15.8. The van der Waals surface area contributed by atoms with E-state index in [-0.39, 0.29) is 6.04 Å². The first kappa shape index (κ1) is 17.7. The monoisotopic (exact) mass is 303 g/mol. The van der Waals surface area contributed by atoms with Crippen LogP contribution >= 0.6 is 11.6 Å². The van der Waals surface area contributed by atoms with E-state index >= 15 is 0 Å². The van der Waals surface area contributed by atoms with Crippen LogP contribution < -0.4 is 5.73 Å². The number of aryl methyl sites for hydroxylation is 1. The van der Waals surface area contributed by atoms with Crippen LogP contribution in [-0.2, 0) is 6.42 Å². The summed E-state index contributed by atoms with van der Waals surface area (Å²) in [6.45, 7) is 8.19. The van der Waals surface area contributed by atoms with E-state index in [2.05, 4.69) is 50.2 Å². The highest BCUT2D eigenvalue weighted by Crippen LogP contribution is 2.25. The molecule has 0 amide bonds. The van der Waals surface area contributed by atoms with Gasteiger partial charge in [0.2, 0.25) is 0 Å². The minimum atomic E-state index is 0.123. The lowest BCUT2D eigenvalue weighted by Gasteiger charge is -2.22. The molecule has 0 saturated carbocycles. The predicted octanol–water partition coefficient (Wildman–Crippen LogP) is 5.35. The van der Waals surface area contributed by atoms with Gasteiger partial charge in [0.15, 0.2) is 0 Å². The third-order valence-corrected chi connectivity index (χ3v) is 3.73. The number of hydrogen-bond donors (Lipinski definition) is 1. The molecule has 2 aromatic rings. The largest absolute Gasteiger partial charge is 0.327 e. The Bertz CT molecular complexity index is 532. The fourth-order valence-electron chi connectivity index (χ4n) is 2.38. The van der Waals surface area contributed by atoms with Crippen LogP contribution in [0.2, 0.25) is 5.02 Å². The molecule has 1 nitrogen and oxygen atoms in total. The Kier molecular flexibility index (Phi) is 7.49. The van der Waals surface area contributed by atoms with Crippen molar-refractivity contribution < 1.29 is 0 Å². The lowest BCUT2D eigenvalue weighted by atomic mass is 9.86. The first-order chi connectivity index (χ1) is 10.1. The number of rotatable bonds is 4. The summed E-state index contributed by atoms with van der Waals surface area (Å²) in [5, 5.41) is 0.775. The summed E-state index contributed by atoms with van der Waals surface area (Å²) < 4.78 is 0. The zero-order valence-corrected chi connectivity index (χ0v) is 14.2. The highest BCUT2D eigenvalue weighted by atomic mass is 35.5. The number of hydrogen-bond acceptors (Lipinski definition) is 1. The van der Waals surface area contributed by atoms with Crippen molar-refractivity contribution in [1.82, 2.24) is 0 Å². The van der Waals surface area contributed by atoms with Crippen molar-refractivity contribution in [1.29, 1.82) is 0 Å². The molecular weight excluding hydrogens is 278 g/mol. The minimum absolute atomic E-state index is 0.123. The predicted molar refractivity (Wildman–Crippen MR) is 94.1 cm³/mol. The standard InChI is InChI=1S/C17H20ClN.C2H6/c1-12-4-3-5-15(10-12)17(13(2)19)11-14-6-8-16(18)9-7-14;1-2/h3-10,13,17H,11,19H2,1-2H3;1-2H3. The van der Waals surface area contributed by atoms with Gasteiger partial charge in [-0.3, -0.25) is 0 Å². The van der Waals surface area contributed by atoms with Gasteiger partial charge in [0.1, 0.15) is 0 Å². The molecule has 0 fully saturated rings. The van der Waals surface area contributed by atoms with Crippen molar-refractivity contribution in [3.8, 4) is 0 Å². The summed E-state index contributed by atoms with van der Waals surface area (Å²) in [6.07, 6.45) is 0.943. The highest BCUT2D eigenvalue weighted by molar-refractivity contribution is 6.30. The second-order valence-electron chi connectivity index (χ2n) is 5.21. The van der Waals surface area contributed by atoms with Crippen LogP contribution in [0.15, 0.2) is 48.5 Å². The van der Waals surface area contributed by atoms with Crippen molar-refractivity contribution >= 4 is 11.6 Å². The van der Waals surface area contributed by atoms with Gasteiger partial charge in [-0.1, -0.05) is 67.4 Å². The van der Waals surface area contributed by atoms with Gasteiger partial charge in [0.05, 0.1) is 0 Å². The molecule has 0 radical (unpaired) electrons. The maximum Gasteiger partial charge on any atom is 0.0406 e. The normalized spacial score (nSPS) is 13.0. The topological polar surface area (TPSA) is 26.0 Å². The molecule has 0 aliphatic heterocycles. The summed E-state index contributed by atoms with van der Waals surface area (Å²) in [5.41, 5.74) is 10.0. The number of nitrogens with two attached hydrogens (primary N) is 1. The van der Waals surface area contributed by atoms with E-state index in [1.807, 2.05) is 26.0 Å². The Labute approximate surface area is 134 Å². The molecular formula is C19H26ClN. The number of benzene rings is 2. The molecule has 0 spiro atoms. The van der Waals surface area contributed by atoms with Crippen LogP contribution in [0.3, 0.4) is 0 Å². The molecule has 2 aromatic carbocycles. The van der Waals surface area contributed by atoms with Gasteiger partial charge in [-0.15, -0.1) is 0 Å². The number of halogens is 1. The van der Waals surface area contributed by atoms with Crippen molar-refractivity contribution in [2.45, 2.75) is 46.1 Å². The van der Waals surface area contributed by atoms with Gasteiger partial charge in [0.25, 0.3) is 0 Å². The summed E-state index contributed by atoms with van der Waals surface area (Å²) in [6, 6.07) is 16.8. The first-order valence-electron chi connectivity index (χ1n) is 7.63. The molecule has 0 saturated heterocycles. The molecule has 0 aliphatic rings. The maximum atomic E-state index is 6.17. The molecule has 2 rings (SSSR count). The molecule has 0 aromatic heterocycles. The van der Waals surface area contributed by atoms with Crippen LogP contribution in [0.5, 0.6) is 0 Å². The molecule has 114 valence electrons. The van der Waals surface area contributed by atoms with Gasteiger partial charge in [-0.05, 0) is 43.5 Å². The Balaban J connectivity index is 0.00000106. The van der Waals surface area contributed by atoms with Crippen molar-refractivity contribution in [2.24, 2.45) is 5.73 Å². The average molecular weight is 304 g/mol. The van der Waals surface area contributed by atoms with Gasteiger partial charge in [-0.25, -0.2) is 0 Å². The average Bonchev–Trinajstić information content (AvgIpc) is 2.48. The highest BCUT2D eigenvalue weighted by Gasteiger charge is 2.16. The SMILES string of the molecule is CC.Cc1cccc(C(Cc2ccc(Cl)cc2)C(C)N)c1. The van der Waals surface area contributed by atoms with Crippen molar-refractivity contribution in [2.75, 3.05) is 0 Å². The van der Waals surface area contributed by atoms with Gasteiger partial charge in [-0.2, -0.15) is 0 Å². The van der Waals surface area contributed by atoms with Crippen molar-refractivity contribution in [3.63, 3.8) is 0 Å². The Morgan fingerprint density at radius 1 is 1.05 bits per heavy atom. The second-order valence-corrected chi connectivity index (χ2v) is 5.65. The molecule has 2 N–H and O–H groups in total. The maximum absolute atomic E-state index is 6.17. The molecule has 0 aliphatic carbocycles. The summed E-state index contributed by atoms with van der Waals surface area (Å²) >= 11 is 5.92. The van der Waals surface area contributed by atoms with E-state index in [0.29, 0.717) is 5.92 Å². The van der Waals surface area contributed by atoms with E-state index < -0.39 is 0 Å². The van der Waals surface area contributed by atoms with Crippen LogP contribution in [0.4, 0.5) is 0 Å². The fourth-order valence-corrected chi connectivity index (χ4v) is 2.51. The molecule has 21 heavy (non-hydrogen) atoms. The van der Waals surface area contributed by atoms with Gasteiger partial charge in [0, 0.05) is 17.0 Å². The molecule has 2 atom stereocenters. The third kappa shape index (κ3) is 5.53. The third-order valence-electron chi connectivity index (χ3n) is 3.47. The molecule has 2 unspecified atom stereocenters. The van der Waals surface area contributed by atoms with Crippen LogP contribution in [0, 0.1) is 6.92 Å². The van der Waals surface area contributed by atoms with E-state index in [9.17, 15) is 0 Å². The second kappa shape index (κ2) is 8.86. The Morgan fingerprint density at radius 2 is 1.67 bits per heavy atom. The Hall–Kier alpha value is -1.31. The summed E-state index contributed by atoms with van der Waals surface area (Å²) in [7, 11) is 0. The van der Waals surface area contributed by atoms with E-state index in [4.69, 9.17) is 17.3 Å². The van der Waals surface area contributed by atoms with Gasteiger partial charge >= 0.3 is 0 Å². The molecule has 2 heteroatoms. The fraction of sp³-hybridized carbons (Fsp3) is 0.368. The van der Waals surface area contributed by atoms with Gasteiger partial charge < -0.3 is 5.73 Å². The van der Waals surface area contributed by atoms with E-state index in [1.165, 1.54) is 16.7 Å². The Morgan fingerprint density at radius 3 is 2.19 bits per heavy atom. The molecule has 0 heterocycles. The van der Waals surface area contributed by atoms with E-state index in [0.717, 1.165) is 11.4 Å². The van der Waals surface area contributed by atoms with Crippen molar-refractivity contribution in [3.05, 3.63) is 70.2 Å². The summed E-state index contributed by atoms with van der Waals surface area (Å²) in [4.78, 5) is 0. The first-order valence-corrected chi connectivity index (χ1v) is 8.00.